The molecule has 22 heavy (non-hydrogen) atoms. The van der Waals surface area contributed by atoms with Crippen LogP contribution in [0.1, 0.15) is 6.42 Å². The van der Waals surface area contributed by atoms with E-state index in [2.05, 4.69) is 10.6 Å². The van der Waals surface area contributed by atoms with Crippen LogP contribution in [0.25, 0.3) is 0 Å². The van der Waals surface area contributed by atoms with Gasteiger partial charge >= 0.3 is 0 Å². The van der Waals surface area contributed by atoms with Gasteiger partial charge in [0.2, 0.25) is 0 Å². The molecule has 2 N–H and O–H groups in total. The molecule has 8 heteroatoms. The first-order valence-electron chi connectivity index (χ1n) is 6.47. The Morgan fingerprint density at radius 1 is 1.45 bits per heavy atom. The van der Waals surface area contributed by atoms with Gasteiger partial charge in [0.1, 0.15) is 11.6 Å². The quantitative estimate of drug-likeness (QED) is 0.247. The molecule has 1 amide bonds. The Kier molecular flexibility index (Phi) is 7.08. The van der Waals surface area contributed by atoms with Gasteiger partial charge in [-0.1, -0.05) is 0 Å². The molecule has 0 aliphatic rings. The molecule has 0 bridgehead atoms. The van der Waals surface area contributed by atoms with Gasteiger partial charge in [-0.25, -0.2) is 0 Å². The van der Waals surface area contributed by atoms with E-state index in [1.165, 1.54) is 30.5 Å². The molecule has 0 unspecified atom stereocenters. The molecule has 0 saturated heterocycles. The summed E-state index contributed by atoms with van der Waals surface area (Å²) in [4.78, 5) is 21.9. The third-order valence-electron chi connectivity index (χ3n) is 2.62. The molecular formula is C14H16N4O4. The summed E-state index contributed by atoms with van der Waals surface area (Å²) < 4.78 is 4.88. The Bertz CT molecular complexity index is 590. The van der Waals surface area contributed by atoms with E-state index in [0.717, 1.165) is 6.42 Å². The second kappa shape index (κ2) is 9.10. The maximum atomic E-state index is 11.9. The molecule has 0 radical (unpaired) electrons. The van der Waals surface area contributed by atoms with E-state index in [4.69, 9.17) is 10.00 Å². The van der Waals surface area contributed by atoms with Gasteiger partial charge in [0.15, 0.2) is 0 Å². The first-order valence-corrected chi connectivity index (χ1v) is 6.47. The van der Waals surface area contributed by atoms with Crippen molar-refractivity contribution in [3.05, 3.63) is 46.2 Å². The van der Waals surface area contributed by atoms with Gasteiger partial charge < -0.3 is 15.4 Å². The second-order valence-corrected chi connectivity index (χ2v) is 4.23. The number of hydrogen-bond donors (Lipinski definition) is 2. The normalized spacial score (nSPS) is 10.6. The van der Waals surface area contributed by atoms with Gasteiger partial charge in [-0.15, -0.1) is 0 Å². The van der Waals surface area contributed by atoms with Crippen molar-refractivity contribution in [3.63, 3.8) is 0 Å². The van der Waals surface area contributed by atoms with Crippen LogP contribution in [0, 0.1) is 21.4 Å². The van der Waals surface area contributed by atoms with E-state index in [1.807, 2.05) is 0 Å². The fourth-order valence-electron chi connectivity index (χ4n) is 1.51. The lowest BCUT2D eigenvalue weighted by molar-refractivity contribution is -0.384. The average Bonchev–Trinajstić information content (AvgIpc) is 2.51. The van der Waals surface area contributed by atoms with E-state index in [1.54, 1.807) is 13.2 Å². The van der Waals surface area contributed by atoms with Gasteiger partial charge in [0.05, 0.1) is 4.92 Å². The predicted octanol–water partition coefficient (Wildman–Crippen LogP) is 1.57. The summed E-state index contributed by atoms with van der Waals surface area (Å²) in [5.74, 6) is -0.587. The standard InChI is InChI=1S/C14H16N4O4/c1-22-8-2-7-16-10-11(9-15)14(19)17-12-3-5-13(6-4-12)18(20)21/h3-6,10,16H,2,7-8H2,1H3,(H,17,19)/b11-10-. The van der Waals surface area contributed by atoms with Crippen LogP contribution < -0.4 is 10.6 Å². The van der Waals surface area contributed by atoms with Crippen LogP contribution in [-0.2, 0) is 9.53 Å². The average molecular weight is 304 g/mol. The fraction of sp³-hybridized carbons (Fsp3) is 0.286. The molecule has 0 aliphatic heterocycles. The summed E-state index contributed by atoms with van der Waals surface area (Å²) >= 11 is 0. The van der Waals surface area contributed by atoms with Crippen molar-refractivity contribution in [3.8, 4) is 6.07 Å². The Labute approximate surface area is 127 Å². The minimum atomic E-state index is -0.587. The van der Waals surface area contributed by atoms with Crippen molar-refractivity contribution in [2.75, 3.05) is 25.6 Å². The van der Waals surface area contributed by atoms with Crippen LogP contribution in [0.2, 0.25) is 0 Å². The van der Waals surface area contributed by atoms with Crippen molar-refractivity contribution in [2.45, 2.75) is 6.42 Å². The van der Waals surface area contributed by atoms with Crippen LogP contribution in [0.4, 0.5) is 11.4 Å². The number of methoxy groups -OCH3 is 1. The zero-order valence-corrected chi connectivity index (χ0v) is 12.0. The van der Waals surface area contributed by atoms with Gasteiger partial charge in [0.25, 0.3) is 11.6 Å². The monoisotopic (exact) mass is 304 g/mol. The molecule has 0 atom stereocenters. The van der Waals surface area contributed by atoms with Crippen LogP contribution in [-0.4, -0.2) is 31.1 Å². The van der Waals surface area contributed by atoms with Crippen LogP contribution >= 0.6 is 0 Å². The lowest BCUT2D eigenvalue weighted by Crippen LogP contribution is -2.17. The molecule has 0 spiro atoms. The number of nitrogens with zero attached hydrogens (tertiary/aromatic N) is 2. The SMILES string of the molecule is COCCCN/C=C(/C#N)C(=O)Nc1ccc([N+](=O)[O-])cc1. The molecule has 8 nitrogen and oxygen atoms in total. The maximum Gasteiger partial charge on any atom is 0.269 e. The summed E-state index contributed by atoms with van der Waals surface area (Å²) in [7, 11) is 1.59. The molecule has 0 saturated carbocycles. The Morgan fingerprint density at radius 2 is 2.14 bits per heavy atom. The van der Waals surface area contributed by atoms with Gasteiger partial charge in [0, 0.05) is 44.3 Å². The van der Waals surface area contributed by atoms with Gasteiger partial charge in [-0.2, -0.15) is 5.26 Å². The van der Waals surface area contributed by atoms with Crippen LogP contribution in [0.3, 0.4) is 0 Å². The minimum absolute atomic E-state index is 0.0751. The predicted molar refractivity (Wildman–Crippen MR) is 79.9 cm³/mol. The largest absolute Gasteiger partial charge is 0.390 e. The van der Waals surface area contributed by atoms with E-state index in [-0.39, 0.29) is 11.3 Å². The van der Waals surface area contributed by atoms with Crippen LogP contribution in [0.5, 0.6) is 0 Å². The van der Waals surface area contributed by atoms with Gasteiger partial charge in [-0.05, 0) is 18.6 Å². The van der Waals surface area contributed by atoms with E-state index in [9.17, 15) is 14.9 Å². The molecule has 0 aromatic heterocycles. The number of anilines is 1. The number of ether oxygens (including phenoxy) is 1. The number of rotatable bonds is 8. The highest BCUT2D eigenvalue weighted by Crippen LogP contribution is 2.15. The molecule has 1 aromatic carbocycles. The minimum Gasteiger partial charge on any atom is -0.390 e. The smallest absolute Gasteiger partial charge is 0.269 e. The summed E-state index contributed by atoms with van der Waals surface area (Å²) in [5, 5.41) is 24.8. The summed E-state index contributed by atoms with van der Waals surface area (Å²) in [5.41, 5.74) is 0.209. The number of carbonyl (C=O) groups is 1. The number of nitriles is 1. The summed E-state index contributed by atoms with van der Waals surface area (Å²) in [6.45, 7) is 1.15. The second-order valence-electron chi connectivity index (χ2n) is 4.23. The van der Waals surface area contributed by atoms with Crippen molar-refractivity contribution >= 4 is 17.3 Å². The zero-order chi connectivity index (χ0) is 16.4. The molecule has 0 heterocycles. The number of nitro groups is 1. The zero-order valence-electron chi connectivity index (χ0n) is 12.0. The fourth-order valence-corrected chi connectivity index (χ4v) is 1.51. The maximum absolute atomic E-state index is 11.9. The van der Waals surface area contributed by atoms with Crippen molar-refractivity contribution in [1.29, 1.82) is 5.26 Å². The Morgan fingerprint density at radius 3 is 2.68 bits per heavy atom. The number of carbonyl (C=O) groups excluding carboxylic acids is 1. The highest BCUT2D eigenvalue weighted by atomic mass is 16.6. The number of amides is 1. The lowest BCUT2D eigenvalue weighted by atomic mass is 10.2. The van der Waals surface area contributed by atoms with Crippen molar-refractivity contribution in [1.82, 2.24) is 5.32 Å². The first-order chi connectivity index (χ1) is 10.6. The highest BCUT2D eigenvalue weighted by Gasteiger charge is 2.10. The Balaban J connectivity index is 2.59. The summed E-state index contributed by atoms with van der Waals surface area (Å²) in [6.07, 6.45) is 2.08. The van der Waals surface area contributed by atoms with E-state index >= 15 is 0 Å². The molecule has 116 valence electrons. The molecule has 0 fully saturated rings. The third-order valence-corrected chi connectivity index (χ3v) is 2.62. The van der Waals surface area contributed by atoms with E-state index < -0.39 is 10.8 Å². The first kappa shape index (κ1) is 17.1. The molecule has 0 aliphatic carbocycles. The highest BCUT2D eigenvalue weighted by molar-refractivity contribution is 6.06. The number of non-ortho nitro benzene ring substituents is 1. The number of nitro benzene ring substituents is 1. The third kappa shape index (κ3) is 5.60. The molecule has 1 aromatic rings. The van der Waals surface area contributed by atoms with Crippen molar-refractivity contribution < 1.29 is 14.5 Å². The molecular weight excluding hydrogens is 288 g/mol. The number of nitrogens with one attached hydrogen (secondary N) is 2. The van der Waals surface area contributed by atoms with Crippen LogP contribution in [0.15, 0.2) is 36.0 Å². The molecule has 1 rings (SSSR count). The van der Waals surface area contributed by atoms with Crippen molar-refractivity contribution in [2.24, 2.45) is 0 Å². The summed E-state index contributed by atoms with van der Waals surface area (Å²) in [6, 6.07) is 7.13. The topological polar surface area (TPSA) is 117 Å². The number of benzene rings is 1. The van der Waals surface area contributed by atoms with Gasteiger partial charge in [-0.3, -0.25) is 14.9 Å². The number of hydrogen-bond acceptors (Lipinski definition) is 6. The van der Waals surface area contributed by atoms with E-state index in [0.29, 0.717) is 18.8 Å². The Hall–Kier alpha value is -2.92. The lowest BCUT2D eigenvalue weighted by Gasteiger charge is -2.05.